The van der Waals surface area contributed by atoms with Gasteiger partial charge in [0.2, 0.25) is 0 Å². The number of aromatic nitrogens is 1. The number of halogens is 2. The maximum Gasteiger partial charge on any atom is 0.346 e. The van der Waals surface area contributed by atoms with E-state index in [4.69, 9.17) is 27.4 Å². The van der Waals surface area contributed by atoms with Gasteiger partial charge in [0.1, 0.15) is 5.52 Å². The van der Waals surface area contributed by atoms with Gasteiger partial charge < -0.3 is 4.18 Å². The van der Waals surface area contributed by atoms with Crippen molar-refractivity contribution in [3.63, 3.8) is 0 Å². The maximum absolute atomic E-state index is 12.6. The number of benzene rings is 2. The molecule has 0 aliphatic heterocycles. The minimum Gasteiger partial charge on any atom is -0.375 e. The number of nitro benzene ring substituents is 1. The van der Waals surface area contributed by atoms with Crippen LogP contribution in [0.5, 0.6) is 5.75 Å². The van der Waals surface area contributed by atoms with Crippen LogP contribution in [0.4, 0.5) is 5.69 Å². The van der Waals surface area contributed by atoms with Gasteiger partial charge in [-0.3, -0.25) is 15.1 Å². The molecular weight excluding hydrogens is 391 g/mol. The van der Waals surface area contributed by atoms with Crippen LogP contribution in [-0.2, 0) is 10.1 Å². The largest absolute Gasteiger partial charge is 0.375 e. The summed E-state index contributed by atoms with van der Waals surface area (Å²) in [5.74, 6) is -0.250. The average molecular weight is 399 g/mol. The lowest BCUT2D eigenvalue weighted by Crippen LogP contribution is -2.12. The second-order valence-electron chi connectivity index (χ2n) is 4.83. The highest BCUT2D eigenvalue weighted by molar-refractivity contribution is 7.87. The van der Waals surface area contributed by atoms with Gasteiger partial charge in [-0.1, -0.05) is 35.3 Å². The van der Waals surface area contributed by atoms with E-state index in [2.05, 4.69) is 4.98 Å². The van der Waals surface area contributed by atoms with E-state index in [0.717, 1.165) is 12.1 Å². The molecule has 10 heteroatoms. The van der Waals surface area contributed by atoms with Gasteiger partial charge in [-0.15, -0.1) is 0 Å². The van der Waals surface area contributed by atoms with Gasteiger partial charge in [-0.05, 0) is 24.3 Å². The molecule has 25 heavy (non-hydrogen) atoms. The number of nitrogens with zero attached hydrogens (tertiary/aromatic N) is 2. The summed E-state index contributed by atoms with van der Waals surface area (Å²) in [4.78, 5) is 13.7. The molecule has 0 radical (unpaired) electrons. The first-order chi connectivity index (χ1) is 11.8. The molecule has 7 nitrogen and oxygen atoms in total. The lowest BCUT2D eigenvalue weighted by Gasteiger charge is -2.11. The third-order valence-electron chi connectivity index (χ3n) is 3.27. The second kappa shape index (κ2) is 6.47. The Hall–Kier alpha value is -2.42. The van der Waals surface area contributed by atoms with Crippen molar-refractivity contribution in [1.29, 1.82) is 0 Å². The minimum absolute atomic E-state index is 0.0849. The Kier molecular flexibility index (Phi) is 4.51. The molecule has 128 valence electrons. The van der Waals surface area contributed by atoms with E-state index in [1.807, 2.05) is 0 Å². The first kappa shape index (κ1) is 17.4. The van der Waals surface area contributed by atoms with Gasteiger partial charge in [0, 0.05) is 17.6 Å². The Morgan fingerprint density at radius 3 is 2.52 bits per heavy atom. The van der Waals surface area contributed by atoms with E-state index in [-0.39, 0.29) is 21.3 Å². The van der Waals surface area contributed by atoms with Crippen LogP contribution in [0.3, 0.4) is 0 Å². The van der Waals surface area contributed by atoms with Gasteiger partial charge in [0.05, 0.1) is 15.0 Å². The zero-order chi connectivity index (χ0) is 18.2. The third-order valence-corrected chi connectivity index (χ3v) is 5.14. The molecule has 0 aliphatic rings. The Bertz CT molecular complexity index is 1100. The highest BCUT2D eigenvalue weighted by Crippen LogP contribution is 2.39. The molecule has 0 aliphatic carbocycles. The highest BCUT2D eigenvalue weighted by atomic mass is 35.5. The molecular formula is C15H8Cl2N2O5S. The first-order valence-electron chi connectivity index (χ1n) is 6.72. The normalized spacial score (nSPS) is 11.4. The van der Waals surface area contributed by atoms with E-state index < -0.39 is 25.6 Å². The molecule has 0 fully saturated rings. The molecule has 0 spiro atoms. The third kappa shape index (κ3) is 3.23. The van der Waals surface area contributed by atoms with Crippen molar-refractivity contribution in [3.8, 4) is 5.75 Å². The van der Waals surface area contributed by atoms with Crippen LogP contribution >= 0.6 is 23.2 Å². The molecule has 3 rings (SSSR count). The van der Waals surface area contributed by atoms with Gasteiger partial charge in [-0.2, -0.15) is 8.42 Å². The van der Waals surface area contributed by atoms with Gasteiger partial charge in [0.25, 0.3) is 5.69 Å². The van der Waals surface area contributed by atoms with Crippen LogP contribution < -0.4 is 4.18 Å². The Labute approximate surface area is 152 Å². The van der Waals surface area contributed by atoms with Crippen molar-refractivity contribution in [1.82, 2.24) is 4.98 Å². The predicted molar refractivity (Wildman–Crippen MR) is 92.7 cm³/mol. The minimum atomic E-state index is -4.53. The molecule has 1 aromatic heterocycles. The summed E-state index contributed by atoms with van der Waals surface area (Å²) in [7, 11) is -4.53. The molecule has 0 N–H and O–H groups in total. The molecule has 0 unspecified atom stereocenters. The topological polar surface area (TPSA) is 99.4 Å². The Morgan fingerprint density at radius 2 is 1.80 bits per heavy atom. The molecule has 0 bridgehead atoms. The lowest BCUT2D eigenvalue weighted by atomic mass is 10.2. The van der Waals surface area contributed by atoms with E-state index in [9.17, 15) is 18.5 Å². The van der Waals surface area contributed by atoms with Crippen LogP contribution in [0.2, 0.25) is 10.0 Å². The average Bonchev–Trinajstić information content (AvgIpc) is 2.58. The number of para-hydroxylation sites is 1. The van der Waals surface area contributed by atoms with Crippen LogP contribution in [-0.4, -0.2) is 18.3 Å². The summed E-state index contributed by atoms with van der Waals surface area (Å²) in [5, 5.41) is 11.7. The lowest BCUT2D eigenvalue weighted by molar-refractivity contribution is -0.387. The number of hydrogen-bond donors (Lipinski definition) is 0. The van der Waals surface area contributed by atoms with Gasteiger partial charge in [-0.25, -0.2) is 0 Å². The Morgan fingerprint density at radius 1 is 1.08 bits per heavy atom. The van der Waals surface area contributed by atoms with Crippen LogP contribution in [0.1, 0.15) is 0 Å². The van der Waals surface area contributed by atoms with Gasteiger partial charge in [0.15, 0.2) is 10.6 Å². The second-order valence-corrected chi connectivity index (χ2v) is 7.16. The molecule has 0 amide bonds. The van der Waals surface area contributed by atoms with E-state index in [1.54, 1.807) is 12.1 Å². The van der Waals surface area contributed by atoms with Crippen molar-refractivity contribution in [2.45, 2.75) is 4.90 Å². The van der Waals surface area contributed by atoms with Gasteiger partial charge >= 0.3 is 10.1 Å². The number of fused-ring (bicyclic) bond motifs is 1. The van der Waals surface area contributed by atoms with Crippen molar-refractivity contribution >= 4 is 49.9 Å². The van der Waals surface area contributed by atoms with Crippen molar-refractivity contribution in [2.24, 2.45) is 0 Å². The van der Waals surface area contributed by atoms with Crippen LogP contribution in [0.25, 0.3) is 10.9 Å². The summed E-state index contributed by atoms with van der Waals surface area (Å²) in [6.45, 7) is 0. The van der Waals surface area contributed by atoms with E-state index >= 15 is 0 Å². The summed E-state index contributed by atoms with van der Waals surface area (Å²) in [5.41, 5.74) is -0.480. The van der Waals surface area contributed by atoms with Crippen LogP contribution in [0.15, 0.2) is 53.6 Å². The van der Waals surface area contributed by atoms with E-state index in [1.165, 1.54) is 24.4 Å². The zero-order valence-electron chi connectivity index (χ0n) is 12.2. The fraction of sp³-hybridized carbons (Fsp3) is 0. The number of nitro groups is 1. The SMILES string of the molecule is O=[N+]([O-])c1ccccc1S(=O)(=O)Oc1c(Cl)cc(Cl)c2cccnc12. The first-order valence-corrected chi connectivity index (χ1v) is 8.88. The Balaban J connectivity index is 2.18. The summed E-state index contributed by atoms with van der Waals surface area (Å²) in [6.07, 6.45) is 1.42. The molecule has 2 aromatic carbocycles. The summed E-state index contributed by atoms with van der Waals surface area (Å²) < 4.78 is 30.2. The van der Waals surface area contributed by atoms with E-state index in [0.29, 0.717) is 5.39 Å². The molecule has 0 saturated heterocycles. The smallest absolute Gasteiger partial charge is 0.346 e. The standard InChI is InChI=1S/C15H8Cl2N2O5S/c16-10-8-11(17)15(14-9(10)4-3-7-18-14)24-25(22,23)13-6-2-1-5-12(13)19(20)21/h1-8H. The quantitative estimate of drug-likeness (QED) is 0.370. The summed E-state index contributed by atoms with van der Waals surface area (Å²) >= 11 is 12.1. The highest BCUT2D eigenvalue weighted by Gasteiger charge is 2.29. The molecule has 3 aromatic rings. The number of hydrogen-bond acceptors (Lipinski definition) is 6. The summed E-state index contributed by atoms with van der Waals surface area (Å²) in [6, 6.07) is 9.39. The maximum atomic E-state index is 12.6. The number of rotatable bonds is 4. The molecule has 0 atom stereocenters. The molecule has 0 saturated carbocycles. The van der Waals surface area contributed by atoms with Crippen molar-refractivity contribution in [2.75, 3.05) is 0 Å². The fourth-order valence-corrected chi connectivity index (χ4v) is 3.92. The van der Waals surface area contributed by atoms with Crippen LogP contribution in [0, 0.1) is 10.1 Å². The predicted octanol–water partition coefficient (Wildman–Crippen LogP) is 4.22. The fourth-order valence-electron chi connectivity index (χ4n) is 2.20. The number of pyridine rings is 1. The molecule has 1 heterocycles. The zero-order valence-corrected chi connectivity index (χ0v) is 14.5. The monoisotopic (exact) mass is 398 g/mol. The van der Waals surface area contributed by atoms with Crippen molar-refractivity contribution < 1.29 is 17.5 Å². The van der Waals surface area contributed by atoms with Crippen molar-refractivity contribution in [3.05, 3.63) is 68.8 Å².